The van der Waals surface area contributed by atoms with Gasteiger partial charge < -0.3 is 9.64 Å². The molecule has 0 aliphatic carbocycles. The van der Waals surface area contributed by atoms with Gasteiger partial charge in [0.05, 0.1) is 6.61 Å². The Hall–Kier alpha value is -1.42. The summed E-state index contributed by atoms with van der Waals surface area (Å²) in [6.45, 7) is 5.09. The van der Waals surface area contributed by atoms with Crippen LogP contribution in [0.5, 0.6) is 0 Å². The van der Waals surface area contributed by atoms with Crippen LogP contribution < -0.4 is 0 Å². The number of pyridine rings is 1. The molecule has 0 atom stereocenters. The first-order valence-corrected chi connectivity index (χ1v) is 5.83. The first-order chi connectivity index (χ1) is 8.04. The number of aryl methyl sites for hydroxylation is 1. The molecule has 0 N–H and O–H groups in total. The minimum atomic E-state index is -0.349. The van der Waals surface area contributed by atoms with Crippen LogP contribution in [-0.4, -0.2) is 43.1 Å². The maximum Gasteiger partial charge on any atom is 0.356 e. The van der Waals surface area contributed by atoms with E-state index < -0.39 is 0 Å². The summed E-state index contributed by atoms with van der Waals surface area (Å²) in [5.74, 6) is -0.349. The van der Waals surface area contributed by atoms with Crippen LogP contribution in [0.15, 0.2) is 12.1 Å². The van der Waals surface area contributed by atoms with Gasteiger partial charge in [0.2, 0.25) is 0 Å². The number of carbonyl (C=O) groups excluding carboxylic acids is 1. The van der Waals surface area contributed by atoms with Crippen molar-refractivity contribution in [1.82, 2.24) is 9.88 Å². The molecule has 4 heteroatoms. The van der Waals surface area contributed by atoms with Crippen molar-refractivity contribution in [3.05, 3.63) is 29.1 Å². The standard InChI is InChI=1S/C13H20N2O2/c1-5-17-13(16)12-7-6-10(2)11(14-12)8-9-15(3)4/h6-7H,5,8-9H2,1-4H3. The predicted octanol–water partition coefficient (Wildman–Crippen LogP) is 1.67. The zero-order valence-corrected chi connectivity index (χ0v) is 11.0. The van der Waals surface area contributed by atoms with E-state index in [-0.39, 0.29) is 5.97 Å². The van der Waals surface area contributed by atoms with Gasteiger partial charge in [-0.2, -0.15) is 0 Å². The number of nitrogens with zero attached hydrogens (tertiary/aromatic N) is 2. The van der Waals surface area contributed by atoms with Gasteiger partial charge >= 0.3 is 5.97 Å². The van der Waals surface area contributed by atoms with Gasteiger partial charge in [-0.25, -0.2) is 9.78 Å². The molecule has 0 fully saturated rings. The molecular weight excluding hydrogens is 216 g/mol. The van der Waals surface area contributed by atoms with Gasteiger partial charge in [-0.3, -0.25) is 0 Å². The maximum absolute atomic E-state index is 11.6. The van der Waals surface area contributed by atoms with Gasteiger partial charge in [0, 0.05) is 18.7 Å². The lowest BCUT2D eigenvalue weighted by molar-refractivity contribution is 0.0519. The van der Waals surface area contributed by atoms with Crippen molar-refractivity contribution in [1.29, 1.82) is 0 Å². The van der Waals surface area contributed by atoms with Crippen LogP contribution in [-0.2, 0) is 11.2 Å². The fourth-order valence-electron chi connectivity index (χ4n) is 1.47. The quantitative estimate of drug-likeness (QED) is 0.729. The van der Waals surface area contributed by atoms with Crippen molar-refractivity contribution in [3.8, 4) is 0 Å². The van der Waals surface area contributed by atoms with E-state index in [1.54, 1.807) is 13.0 Å². The number of hydrogen-bond donors (Lipinski definition) is 0. The summed E-state index contributed by atoms with van der Waals surface area (Å²) < 4.78 is 4.94. The summed E-state index contributed by atoms with van der Waals surface area (Å²) in [4.78, 5) is 18.0. The molecule has 17 heavy (non-hydrogen) atoms. The van der Waals surface area contributed by atoms with E-state index in [9.17, 15) is 4.79 Å². The van der Waals surface area contributed by atoms with Crippen molar-refractivity contribution in [2.45, 2.75) is 20.3 Å². The molecule has 0 amide bonds. The van der Waals surface area contributed by atoms with E-state index in [1.165, 1.54) is 0 Å². The van der Waals surface area contributed by atoms with Crippen LogP contribution in [0.2, 0.25) is 0 Å². The third-order valence-electron chi connectivity index (χ3n) is 2.48. The van der Waals surface area contributed by atoms with E-state index in [1.807, 2.05) is 27.1 Å². The lowest BCUT2D eigenvalue weighted by atomic mass is 10.1. The summed E-state index contributed by atoms with van der Waals surface area (Å²) in [5, 5.41) is 0. The Bertz CT molecular complexity index is 389. The van der Waals surface area contributed by atoms with Gasteiger partial charge in [-0.1, -0.05) is 6.07 Å². The highest BCUT2D eigenvalue weighted by molar-refractivity contribution is 5.87. The van der Waals surface area contributed by atoms with Gasteiger partial charge in [-0.05, 0) is 39.6 Å². The predicted molar refractivity (Wildman–Crippen MR) is 67.2 cm³/mol. The summed E-state index contributed by atoms with van der Waals surface area (Å²) in [5.41, 5.74) is 2.47. The average Bonchev–Trinajstić information content (AvgIpc) is 2.28. The summed E-state index contributed by atoms with van der Waals surface area (Å²) in [6.07, 6.45) is 0.839. The molecule has 94 valence electrons. The molecule has 1 aromatic heterocycles. The molecule has 0 spiro atoms. The van der Waals surface area contributed by atoms with E-state index >= 15 is 0 Å². The number of ether oxygens (including phenoxy) is 1. The Labute approximate surface area is 103 Å². The maximum atomic E-state index is 11.6. The van der Waals surface area contributed by atoms with Crippen LogP contribution in [0.25, 0.3) is 0 Å². The minimum Gasteiger partial charge on any atom is -0.461 e. The topological polar surface area (TPSA) is 42.4 Å². The fourth-order valence-corrected chi connectivity index (χ4v) is 1.47. The molecule has 4 nitrogen and oxygen atoms in total. The van der Waals surface area contributed by atoms with E-state index in [4.69, 9.17) is 4.74 Å². The van der Waals surface area contributed by atoms with Gasteiger partial charge in [0.25, 0.3) is 0 Å². The zero-order chi connectivity index (χ0) is 12.8. The summed E-state index contributed by atoms with van der Waals surface area (Å²) >= 11 is 0. The van der Waals surface area contributed by atoms with Crippen molar-refractivity contribution in [2.24, 2.45) is 0 Å². The highest BCUT2D eigenvalue weighted by Crippen LogP contribution is 2.09. The van der Waals surface area contributed by atoms with Crippen molar-refractivity contribution < 1.29 is 9.53 Å². The second-order valence-corrected chi connectivity index (χ2v) is 4.23. The van der Waals surface area contributed by atoms with Gasteiger partial charge in [0.15, 0.2) is 0 Å². The third-order valence-corrected chi connectivity index (χ3v) is 2.48. The second-order valence-electron chi connectivity index (χ2n) is 4.23. The fraction of sp³-hybridized carbons (Fsp3) is 0.538. The highest BCUT2D eigenvalue weighted by Gasteiger charge is 2.10. The molecule has 1 aromatic rings. The number of aromatic nitrogens is 1. The van der Waals surface area contributed by atoms with Crippen molar-refractivity contribution >= 4 is 5.97 Å². The average molecular weight is 236 g/mol. The minimum absolute atomic E-state index is 0.349. The van der Waals surface area contributed by atoms with Gasteiger partial charge in [-0.15, -0.1) is 0 Å². The zero-order valence-electron chi connectivity index (χ0n) is 11.0. The van der Waals surface area contributed by atoms with Crippen LogP contribution in [0.4, 0.5) is 0 Å². The molecule has 0 aliphatic heterocycles. The number of carbonyl (C=O) groups is 1. The molecular formula is C13H20N2O2. The largest absolute Gasteiger partial charge is 0.461 e. The number of hydrogen-bond acceptors (Lipinski definition) is 4. The second kappa shape index (κ2) is 6.35. The highest BCUT2D eigenvalue weighted by atomic mass is 16.5. The molecule has 0 aromatic carbocycles. The first kappa shape index (κ1) is 13.6. The molecule has 1 heterocycles. The monoisotopic (exact) mass is 236 g/mol. The van der Waals surface area contributed by atoms with Gasteiger partial charge in [0.1, 0.15) is 5.69 Å². The normalized spacial score (nSPS) is 10.6. The molecule has 0 saturated heterocycles. The molecule has 0 radical (unpaired) electrons. The van der Waals surface area contributed by atoms with E-state index in [2.05, 4.69) is 9.88 Å². The molecule has 0 saturated carbocycles. The van der Waals surface area contributed by atoms with Crippen LogP contribution in [0, 0.1) is 6.92 Å². The molecule has 0 unspecified atom stereocenters. The summed E-state index contributed by atoms with van der Waals surface area (Å²) in [6, 6.07) is 3.64. The third kappa shape index (κ3) is 4.15. The molecule has 0 aliphatic rings. The molecule has 1 rings (SSSR count). The Morgan fingerprint density at radius 3 is 2.71 bits per heavy atom. The lowest BCUT2D eigenvalue weighted by Gasteiger charge is -2.11. The van der Waals surface area contributed by atoms with Crippen LogP contribution >= 0.6 is 0 Å². The van der Waals surface area contributed by atoms with Crippen molar-refractivity contribution in [3.63, 3.8) is 0 Å². The first-order valence-electron chi connectivity index (χ1n) is 5.83. The summed E-state index contributed by atoms with van der Waals surface area (Å²) in [7, 11) is 4.04. The Morgan fingerprint density at radius 2 is 2.12 bits per heavy atom. The van der Waals surface area contributed by atoms with E-state index in [0.717, 1.165) is 24.2 Å². The lowest BCUT2D eigenvalue weighted by Crippen LogP contribution is -2.17. The Morgan fingerprint density at radius 1 is 1.41 bits per heavy atom. The number of esters is 1. The van der Waals surface area contributed by atoms with Crippen molar-refractivity contribution in [2.75, 3.05) is 27.2 Å². The smallest absolute Gasteiger partial charge is 0.356 e. The Kier molecular flexibility index (Phi) is 5.10. The van der Waals surface area contributed by atoms with Crippen LogP contribution in [0.1, 0.15) is 28.7 Å². The SMILES string of the molecule is CCOC(=O)c1ccc(C)c(CCN(C)C)n1. The Balaban J connectivity index is 2.82. The molecule has 0 bridgehead atoms. The van der Waals surface area contributed by atoms with E-state index in [0.29, 0.717) is 12.3 Å². The van der Waals surface area contributed by atoms with Crippen LogP contribution in [0.3, 0.4) is 0 Å². The number of rotatable bonds is 5. The number of likely N-dealkylation sites (N-methyl/N-ethyl adjacent to an activating group) is 1.